The fraction of sp³-hybridized carbons (Fsp3) is 0.333. The Morgan fingerprint density at radius 1 is 1.10 bits per heavy atom. The van der Waals surface area contributed by atoms with E-state index in [2.05, 4.69) is 42.4 Å². The van der Waals surface area contributed by atoms with E-state index in [1.807, 2.05) is 6.07 Å². The van der Waals surface area contributed by atoms with E-state index in [4.69, 9.17) is 4.74 Å². The van der Waals surface area contributed by atoms with Crippen molar-refractivity contribution in [1.29, 1.82) is 0 Å². The lowest BCUT2D eigenvalue weighted by atomic mass is 9.91. The minimum absolute atomic E-state index is 0.0273. The average Bonchev–Trinajstić information content (AvgIpc) is 3.45. The quantitative estimate of drug-likeness (QED) is 0.264. The molecule has 39 heavy (non-hydrogen) atoms. The lowest BCUT2D eigenvalue weighted by Crippen LogP contribution is -2.22. The van der Waals surface area contributed by atoms with Gasteiger partial charge in [0.25, 0.3) is 0 Å². The van der Waals surface area contributed by atoms with Crippen LogP contribution in [0.4, 0.5) is 43.4 Å². The number of nitrogens with one attached hydrogen (secondary N) is 3. The number of hydrogen-bond donors (Lipinski definition) is 4. The summed E-state index contributed by atoms with van der Waals surface area (Å²) in [7, 11) is 1.53. The van der Waals surface area contributed by atoms with Crippen LogP contribution in [-0.2, 0) is 10.4 Å². The van der Waals surface area contributed by atoms with Crippen molar-refractivity contribution >= 4 is 40.6 Å². The molecule has 1 aliphatic heterocycles. The Kier molecular flexibility index (Phi) is 8.24. The smallest absolute Gasteiger partial charge is 0.247 e. The summed E-state index contributed by atoms with van der Waals surface area (Å²) in [4.78, 5) is 26.9. The monoisotopic (exact) mass is 539 g/mol. The highest BCUT2D eigenvalue weighted by Crippen LogP contribution is 2.39. The van der Waals surface area contributed by atoms with Gasteiger partial charge in [0, 0.05) is 30.8 Å². The van der Waals surface area contributed by atoms with E-state index in [1.165, 1.54) is 26.4 Å². The van der Waals surface area contributed by atoms with Crippen molar-refractivity contribution in [2.45, 2.75) is 38.7 Å². The summed E-state index contributed by atoms with van der Waals surface area (Å²) in [5.41, 5.74) is 0.685. The van der Waals surface area contributed by atoms with Gasteiger partial charge in [0.2, 0.25) is 17.8 Å². The van der Waals surface area contributed by atoms with E-state index < -0.39 is 17.2 Å². The van der Waals surface area contributed by atoms with Crippen molar-refractivity contribution in [2.24, 2.45) is 0 Å². The van der Waals surface area contributed by atoms with E-state index in [0.29, 0.717) is 17.1 Å². The lowest BCUT2D eigenvalue weighted by Gasteiger charge is -2.25. The third-order valence-electron chi connectivity index (χ3n) is 6.60. The number of benzene rings is 2. The Morgan fingerprint density at radius 2 is 1.74 bits per heavy atom. The van der Waals surface area contributed by atoms with Crippen LogP contribution in [0.5, 0.6) is 5.75 Å². The third kappa shape index (κ3) is 6.23. The van der Waals surface area contributed by atoms with E-state index in [9.17, 15) is 18.7 Å². The molecule has 1 unspecified atom stereocenters. The molecule has 1 atom stereocenters. The third-order valence-corrected chi connectivity index (χ3v) is 6.60. The Balaban J connectivity index is 1.67. The molecule has 1 aliphatic rings. The van der Waals surface area contributed by atoms with Gasteiger partial charge in [-0.05, 0) is 44.4 Å². The first kappa shape index (κ1) is 27.7. The van der Waals surface area contributed by atoms with Crippen LogP contribution in [0.25, 0.3) is 0 Å². The molecule has 0 radical (unpaired) electrons. The summed E-state index contributed by atoms with van der Waals surface area (Å²) in [6, 6.07) is 5.44. The van der Waals surface area contributed by atoms with Crippen molar-refractivity contribution in [1.82, 2.24) is 15.0 Å². The van der Waals surface area contributed by atoms with Crippen LogP contribution in [0.2, 0.25) is 0 Å². The second kappa shape index (κ2) is 11.6. The van der Waals surface area contributed by atoms with E-state index in [0.717, 1.165) is 43.8 Å². The topological polar surface area (TPSA) is 125 Å². The zero-order valence-corrected chi connectivity index (χ0v) is 22.0. The molecule has 4 N–H and O–H groups in total. The van der Waals surface area contributed by atoms with Crippen LogP contribution in [0, 0.1) is 11.6 Å². The van der Waals surface area contributed by atoms with Crippen LogP contribution < -0.4 is 25.6 Å². The van der Waals surface area contributed by atoms with Gasteiger partial charge in [0.15, 0.2) is 11.6 Å². The summed E-state index contributed by atoms with van der Waals surface area (Å²) < 4.78 is 33.7. The van der Waals surface area contributed by atoms with Crippen molar-refractivity contribution in [3.63, 3.8) is 0 Å². The predicted octanol–water partition coefficient (Wildman–Crippen LogP) is 4.99. The molecule has 12 heteroatoms. The molecule has 1 saturated heterocycles. The van der Waals surface area contributed by atoms with Gasteiger partial charge in [-0.25, -0.2) is 18.7 Å². The molecular formula is C27H31F2N7O3. The van der Waals surface area contributed by atoms with Crippen molar-refractivity contribution < 1.29 is 23.4 Å². The molecule has 2 aromatic carbocycles. The number of aliphatic hydroxyl groups is 1. The number of halogens is 2. The second-order valence-electron chi connectivity index (χ2n) is 9.28. The molecule has 10 nitrogen and oxygen atoms in total. The van der Waals surface area contributed by atoms with E-state index in [-0.39, 0.29) is 35.5 Å². The van der Waals surface area contributed by atoms with Crippen LogP contribution >= 0.6 is 0 Å². The van der Waals surface area contributed by atoms with Crippen LogP contribution in [0.3, 0.4) is 0 Å². The molecule has 0 spiro atoms. The molecule has 0 aliphatic carbocycles. The molecule has 0 saturated carbocycles. The van der Waals surface area contributed by atoms with Crippen molar-refractivity contribution in [3.8, 4) is 5.75 Å². The Hall–Kier alpha value is -4.32. The van der Waals surface area contributed by atoms with E-state index in [1.54, 1.807) is 13.0 Å². The zero-order valence-electron chi connectivity index (χ0n) is 22.0. The SMILES string of the molecule is C=CC(=O)Nc1cc(Nc2ncnc(Nc3cc(F)c(F)cc3C(C)(O)CC)n2)c(OC)cc1N1CCCC1. The summed E-state index contributed by atoms with van der Waals surface area (Å²) in [5.74, 6) is -1.89. The number of hydrogen-bond acceptors (Lipinski definition) is 9. The average molecular weight is 540 g/mol. The first-order valence-electron chi connectivity index (χ1n) is 12.5. The Morgan fingerprint density at radius 3 is 2.36 bits per heavy atom. The fourth-order valence-corrected chi connectivity index (χ4v) is 4.28. The van der Waals surface area contributed by atoms with Gasteiger partial charge in [0.1, 0.15) is 12.1 Å². The number of methoxy groups -OCH3 is 1. The van der Waals surface area contributed by atoms with Crippen molar-refractivity contribution in [3.05, 3.63) is 60.4 Å². The molecule has 1 fully saturated rings. The molecule has 3 aromatic rings. The highest BCUT2D eigenvalue weighted by Gasteiger charge is 2.27. The number of carbonyl (C=O) groups excluding carboxylic acids is 1. The van der Waals surface area contributed by atoms with Crippen molar-refractivity contribution in [2.75, 3.05) is 41.0 Å². The number of ether oxygens (including phenoxy) is 1. The number of nitrogens with zero attached hydrogens (tertiary/aromatic N) is 4. The van der Waals surface area contributed by atoms with Gasteiger partial charge in [0.05, 0.1) is 35.5 Å². The van der Waals surface area contributed by atoms with Gasteiger partial charge < -0.3 is 30.7 Å². The van der Waals surface area contributed by atoms with Crippen LogP contribution in [-0.4, -0.2) is 46.2 Å². The number of amides is 1. The van der Waals surface area contributed by atoms with Gasteiger partial charge in [-0.2, -0.15) is 4.98 Å². The summed E-state index contributed by atoms with van der Waals surface area (Å²) in [5, 5.41) is 19.5. The first-order valence-corrected chi connectivity index (χ1v) is 12.5. The van der Waals surface area contributed by atoms with Gasteiger partial charge in [-0.15, -0.1) is 0 Å². The maximum atomic E-state index is 14.1. The minimum Gasteiger partial charge on any atom is -0.494 e. The largest absolute Gasteiger partial charge is 0.494 e. The van der Waals surface area contributed by atoms with E-state index >= 15 is 0 Å². The highest BCUT2D eigenvalue weighted by atomic mass is 19.2. The number of anilines is 6. The molecule has 1 aromatic heterocycles. The number of carbonyl (C=O) groups is 1. The molecule has 2 heterocycles. The highest BCUT2D eigenvalue weighted by molar-refractivity contribution is 6.02. The van der Waals surface area contributed by atoms with Crippen LogP contribution in [0.1, 0.15) is 38.7 Å². The molecular weight excluding hydrogens is 508 g/mol. The molecule has 1 amide bonds. The standard InChI is InChI=1S/C27H31F2N7O3/c1-5-24(37)32-20-13-21(23(39-4)14-22(20)36-9-7-8-10-36)34-26-31-15-30-25(35-26)33-19-12-18(29)17(28)11-16(19)27(3,38)6-2/h5,11-15,38H,1,6-10H2,2-4H3,(H,32,37)(H2,30,31,33,34,35). The molecule has 206 valence electrons. The lowest BCUT2D eigenvalue weighted by molar-refractivity contribution is -0.111. The Bertz CT molecular complexity index is 1380. The number of rotatable bonds is 10. The van der Waals surface area contributed by atoms with Gasteiger partial charge >= 0.3 is 0 Å². The van der Waals surface area contributed by atoms with Gasteiger partial charge in [-0.1, -0.05) is 13.5 Å². The molecule has 4 rings (SSSR count). The minimum atomic E-state index is -1.43. The normalized spacial score (nSPS) is 14.5. The molecule has 0 bridgehead atoms. The summed E-state index contributed by atoms with van der Waals surface area (Å²) in [6.07, 6.45) is 4.78. The van der Waals surface area contributed by atoms with Crippen LogP contribution in [0.15, 0.2) is 43.2 Å². The summed E-state index contributed by atoms with van der Waals surface area (Å²) in [6.45, 7) is 8.47. The predicted molar refractivity (Wildman–Crippen MR) is 146 cm³/mol. The maximum Gasteiger partial charge on any atom is 0.247 e. The fourth-order valence-electron chi connectivity index (χ4n) is 4.28. The Labute approximate surface area is 225 Å². The maximum absolute atomic E-state index is 14.1. The summed E-state index contributed by atoms with van der Waals surface area (Å²) >= 11 is 0. The van der Waals surface area contributed by atoms with Gasteiger partial charge in [-0.3, -0.25) is 4.79 Å². The first-order chi connectivity index (χ1) is 18.6. The number of aromatic nitrogens is 3. The zero-order chi connectivity index (χ0) is 28.2. The second-order valence-corrected chi connectivity index (χ2v) is 9.28.